The van der Waals surface area contributed by atoms with Gasteiger partial charge in [0.25, 0.3) is 0 Å². The highest BCUT2D eigenvalue weighted by Gasteiger charge is 2.22. The van der Waals surface area contributed by atoms with Gasteiger partial charge in [-0.25, -0.2) is 0 Å². The Labute approximate surface area is 254 Å². The van der Waals surface area contributed by atoms with E-state index in [1.54, 1.807) is 0 Å². The van der Waals surface area contributed by atoms with Gasteiger partial charge < -0.3 is 70.9 Å². The van der Waals surface area contributed by atoms with E-state index in [0.29, 0.717) is 0 Å². The topological polar surface area (TPSA) is 326 Å². The maximum Gasteiger partial charge on any atom is 0.238 e. The highest BCUT2D eigenvalue weighted by atomic mass is 16.4. The molecule has 0 amide bonds. The lowest BCUT2D eigenvalue weighted by Crippen LogP contribution is -2.03. The smallest absolute Gasteiger partial charge is 0.238 e. The Hall–Kier alpha value is -6.78. The van der Waals surface area contributed by atoms with Crippen LogP contribution < -0.4 is 10.9 Å². The van der Waals surface area contributed by atoms with E-state index >= 15 is 0 Å². The molecule has 0 radical (unpaired) electrons. The van der Waals surface area contributed by atoms with Gasteiger partial charge in [0.1, 0.15) is 67.9 Å². The Morgan fingerprint density at radius 1 is 0.413 bits per heavy atom. The van der Waals surface area contributed by atoms with Crippen molar-refractivity contribution in [2.75, 3.05) is 0 Å². The minimum Gasteiger partial charge on any atom is -0.508 e. The number of phenols is 8. The maximum atomic E-state index is 12.2. The molecule has 0 saturated heterocycles. The van der Waals surface area contributed by atoms with Crippen LogP contribution in [-0.4, -0.2) is 62.0 Å². The molecule has 0 atom stereocenters. The first-order valence-electron chi connectivity index (χ1n) is 12.2. The molecule has 2 aromatic heterocycles. The average molecular weight is 641 g/mol. The van der Waals surface area contributed by atoms with E-state index in [4.69, 9.17) is 8.83 Å². The van der Waals surface area contributed by atoms with Gasteiger partial charge in [0.2, 0.25) is 22.4 Å². The Balaban J connectivity index is 0.000000240. The molecule has 0 aliphatic rings. The molecule has 240 valence electrons. The zero-order valence-corrected chi connectivity index (χ0v) is 22.9. The molecule has 4 aromatic carbocycles. The molecule has 0 aliphatic carbocycles. The SMILES string of the molecule is O.O.O=c1c(O)c(-c2ccc(O)cc2O)oc2cc(O)cc(O)c12.O=c1c(O)c(-c2ccc(O)cc2O)oc2cc(O)cc(O)c12. The van der Waals surface area contributed by atoms with Crippen molar-refractivity contribution in [1.29, 1.82) is 0 Å². The van der Waals surface area contributed by atoms with Crippen molar-refractivity contribution in [2.45, 2.75) is 0 Å². The predicted molar refractivity (Wildman–Crippen MR) is 160 cm³/mol. The van der Waals surface area contributed by atoms with Crippen LogP contribution >= 0.6 is 0 Å². The van der Waals surface area contributed by atoms with Crippen LogP contribution in [0.3, 0.4) is 0 Å². The summed E-state index contributed by atoms with van der Waals surface area (Å²) in [4.78, 5) is 24.3. The summed E-state index contributed by atoms with van der Waals surface area (Å²) in [6.45, 7) is 0. The molecule has 14 N–H and O–H groups in total. The van der Waals surface area contributed by atoms with Crippen molar-refractivity contribution in [3.05, 3.63) is 81.1 Å². The van der Waals surface area contributed by atoms with Gasteiger partial charge in [-0.2, -0.15) is 0 Å². The second kappa shape index (κ2) is 12.4. The molecule has 6 rings (SSSR count). The van der Waals surface area contributed by atoms with Gasteiger partial charge in [0.05, 0.1) is 11.1 Å². The first kappa shape index (κ1) is 33.7. The number of rotatable bonds is 2. The molecule has 0 unspecified atom stereocenters. The minimum atomic E-state index is -0.916. The summed E-state index contributed by atoms with van der Waals surface area (Å²) in [7, 11) is 0. The second-order valence-corrected chi connectivity index (χ2v) is 9.30. The number of hydrogen-bond acceptors (Lipinski definition) is 14. The van der Waals surface area contributed by atoms with E-state index in [9.17, 15) is 60.7 Å². The fraction of sp³-hybridized carbons (Fsp3) is 0. The van der Waals surface area contributed by atoms with E-state index in [2.05, 4.69) is 0 Å². The van der Waals surface area contributed by atoms with Crippen LogP contribution in [0.4, 0.5) is 0 Å². The third kappa shape index (κ3) is 5.87. The normalized spacial score (nSPS) is 10.4. The molecular formula is C30H24O16. The van der Waals surface area contributed by atoms with Gasteiger partial charge in [-0.1, -0.05) is 0 Å². The quantitative estimate of drug-likeness (QED) is 0.130. The molecule has 16 nitrogen and oxygen atoms in total. The molecule has 2 heterocycles. The van der Waals surface area contributed by atoms with Crippen LogP contribution in [0.5, 0.6) is 57.5 Å². The summed E-state index contributed by atoms with van der Waals surface area (Å²) in [6, 6.07) is 11.1. The molecule has 16 heteroatoms. The second-order valence-electron chi connectivity index (χ2n) is 9.30. The van der Waals surface area contributed by atoms with Crippen molar-refractivity contribution in [1.82, 2.24) is 0 Å². The van der Waals surface area contributed by atoms with E-state index in [-0.39, 0.29) is 78.5 Å². The summed E-state index contributed by atoms with van der Waals surface area (Å²) < 4.78 is 10.7. The Bertz CT molecular complexity index is 2070. The number of aromatic hydroxyl groups is 10. The number of fused-ring (bicyclic) bond motifs is 2. The standard InChI is InChI=1S/2C15H10O7.2H2O/c2*16-6-1-2-8(9(18)3-6)15-14(21)13(20)12-10(19)4-7(17)5-11(12)22-15;;/h2*1-5,16-19,21H;2*1H2. The molecule has 6 aromatic rings. The van der Waals surface area contributed by atoms with Crippen LogP contribution in [0.25, 0.3) is 44.6 Å². The van der Waals surface area contributed by atoms with Crippen LogP contribution in [0.15, 0.2) is 79.1 Å². The van der Waals surface area contributed by atoms with Crippen molar-refractivity contribution in [3.8, 4) is 80.1 Å². The third-order valence-corrected chi connectivity index (χ3v) is 6.32. The summed E-state index contributed by atoms with van der Waals surface area (Å²) in [5.41, 5.74) is -2.22. The van der Waals surface area contributed by atoms with Gasteiger partial charge in [0.15, 0.2) is 11.5 Å². The maximum absolute atomic E-state index is 12.2. The number of benzene rings is 4. The van der Waals surface area contributed by atoms with Gasteiger partial charge in [0, 0.05) is 36.4 Å². The van der Waals surface area contributed by atoms with Gasteiger partial charge in [-0.05, 0) is 24.3 Å². The van der Waals surface area contributed by atoms with Crippen molar-refractivity contribution in [3.63, 3.8) is 0 Å². The summed E-state index contributed by atoms with van der Waals surface area (Å²) in [5, 5.41) is 95.8. The van der Waals surface area contributed by atoms with Crippen molar-refractivity contribution >= 4 is 21.9 Å². The lowest BCUT2D eigenvalue weighted by Gasteiger charge is -2.09. The Morgan fingerprint density at radius 2 is 0.739 bits per heavy atom. The largest absolute Gasteiger partial charge is 0.508 e. The molecule has 0 spiro atoms. The summed E-state index contributed by atoms with van der Waals surface area (Å²) in [6.07, 6.45) is 0. The minimum absolute atomic E-state index is 0. The monoisotopic (exact) mass is 640 g/mol. The Morgan fingerprint density at radius 3 is 1.07 bits per heavy atom. The Kier molecular flexibility index (Phi) is 9.12. The van der Waals surface area contributed by atoms with E-state index in [1.165, 1.54) is 24.3 Å². The molecule has 0 saturated carbocycles. The van der Waals surface area contributed by atoms with Crippen molar-refractivity contribution < 1.29 is 70.9 Å². The van der Waals surface area contributed by atoms with Gasteiger partial charge >= 0.3 is 0 Å². The lowest BCUT2D eigenvalue weighted by atomic mass is 10.1. The highest BCUT2D eigenvalue weighted by molar-refractivity contribution is 5.89. The zero-order valence-electron chi connectivity index (χ0n) is 22.9. The number of hydrogen-bond donors (Lipinski definition) is 10. The summed E-state index contributed by atoms with van der Waals surface area (Å²) in [5.74, 6) is -5.31. The van der Waals surface area contributed by atoms with E-state index in [0.717, 1.165) is 36.4 Å². The first-order chi connectivity index (χ1) is 20.8. The van der Waals surface area contributed by atoms with Crippen LogP contribution in [0.2, 0.25) is 0 Å². The van der Waals surface area contributed by atoms with Gasteiger partial charge in [-0.3, -0.25) is 9.59 Å². The molecular weight excluding hydrogens is 616 g/mol. The molecule has 0 fully saturated rings. The lowest BCUT2D eigenvalue weighted by molar-refractivity contribution is 0.432. The first-order valence-corrected chi connectivity index (χ1v) is 12.2. The fourth-order valence-corrected chi connectivity index (χ4v) is 4.34. The van der Waals surface area contributed by atoms with Crippen LogP contribution in [0.1, 0.15) is 0 Å². The van der Waals surface area contributed by atoms with Crippen LogP contribution in [-0.2, 0) is 0 Å². The summed E-state index contributed by atoms with van der Waals surface area (Å²) >= 11 is 0. The van der Waals surface area contributed by atoms with Gasteiger partial charge in [-0.15, -0.1) is 0 Å². The molecule has 46 heavy (non-hydrogen) atoms. The molecule has 0 aliphatic heterocycles. The predicted octanol–water partition coefficient (Wildman–Crippen LogP) is 2.33. The van der Waals surface area contributed by atoms with E-state index < -0.39 is 45.4 Å². The number of phenolic OH excluding ortho intramolecular Hbond substituents is 8. The van der Waals surface area contributed by atoms with Crippen LogP contribution in [0, 0.1) is 0 Å². The van der Waals surface area contributed by atoms with E-state index in [1.807, 2.05) is 0 Å². The average Bonchev–Trinajstić information content (AvgIpc) is 2.93. The molecule has 0 bridgehead atoms. The highest BCUT2D eigenvalue weighted by Crippen LogP contribution is 2.41. The zero-order chi connectivity index (χ0) is 32.0. The third-order valence-electron chi connectivity index (χ3n) is 6.32. The fourth-order valence-electron chi connectivity index (χ4n) is 4.34. The van der Waals surface area contributed by atoms with Crippen molar-refractivity contribution in [2.24, 2.45) is 0 Å².